The van der Waals surface area contributed by atoms with E-state index >= 15 is 0 Å². The zero-order valence-corrected chi connectivity index (χ0v) is 17.6. The van der Waals surface area contributed by atoms with Crippen molar-refractivity contribution in [3.8, 4) is 0 Å². The van der Waals surface area contributed by atoms with Crippen molar-refractivity contribution < 1.29 is 0 Å². The van der Waals surface area contributed by atoms with Gasteiger partial charge in [0.15, 0.2) is 0 Å². The fourth-order valence-corrected chi connectivity index (χ4v) is 10.9. The Balaban J connectivity index is 1.31. The summed E-state index contributed by atoms with van der Waals surface area (Å²) in [7, 11) is 0. The Morgan fingerprint density at radius 2 is 0.846 bits per heavy atom. The Labute approximate surface area is 165 Å². The van der Waals surface area contributed by atoms with Crippen molar-refractivity contribution in [2.75, 3.05) is 0 Å². The van der Waals surface area contributed by atoms with E-state index in [1.807, 2.05) is 0 Å². The number of hydrogen-bond acceptors (Lipinski definition) is 0. The predicted molar refractivity (Wildman–Crippen MR) is 104 cm³/mol. The van der Waals surface area contributed by atoms with Gasteiger partial charge in [-0.3, -0.25) is 0 Å². The Bertz CT molecular complexity index is 679. The molecule has 26 heavy (non-hydrogen) atoms. The number of aromatic nitrogens is 2. The summed E-state index contributed by atoms with van der Waals surface area (Å²) < 4.78 is 7.00. The van der Waals surface area contributed by atoms with Crippen LogP contribution in [-0.4, -0.2) is 24.7 Å². The molecule has 0 spiro atoms. The van der Waals surface area contributed by atoms with Gasteiger partial charge in [0, 0.05) is 0 Å². The van der Waals surface area contributed by atoms with Crippen LogP contribution in [0.25, 0.3) is 0 Å². The van der Waals surface area contributed by atoms with E-state index in [1.54, 1.807) is 0 Å². The molecule has 1 aromatic heterocycles. The summed E-state index contributed by atoms with van der Waals surface area (Å²) in [5, 5.41) is 0. The molecule has 8 fully saturated rings. The molecule has 140 valence electrons. The maximum atomic E-state index is 3.60. The first-order valence-electron chi connectivity index (χ1n) is 11.4. The summed E-state index contributed by atoms with van der Waals surface area (Å²) in [5.74, 6) is 6.14. The van der Waals surface area contributed by atoms with Crippen LogP contribution < -0.4 is 0 Å². The molecule has 1 heterocycles. The molecule has 0 atom stereocenters. The van der Waals surface area contributed by atoms with Gasteiger partial charge in [-0.25, -0.2) is 0 Å². The minimum atomic E-state index is 0.461. The van der Waals surface area contributed by atoms with E-state index in [4.69, 9.17) is 0 Å². The van der Waals surface area contributed by atoms with Gasteiger partial charge in [0.05, 0.1) is 0 Å². The van der Waals surface area contributed by atoms with Gasteiger partial charge in [-0.2, -0.15) is 0 Å². The summed E-state index contributed by atoms with van der Waals surface area (Å²) in [6, 6.07) is 0. The zero-order chi connectivity index (χ0) is 17.1. The molecule has 0 N–H and O–H groups in total. The molecule has 8 aliphatic rings. The van der Waals surface area contributed by atoms with Gasteiger partial charge in [-0.1, -0.05) is 0 Å². The standard InChI is InChI=1S/C23H32N2Se/c26-21-24(22-9-15-3-16(10-22)5-17(4-15)11-22)1-2-25(21)23-12-18-6-19(13-23)8-20(7-18)14-23/h1-2,15-20H,3-14H2. The van der Waals surface area contributed by atoms with Gasteiger partial charge in [-0.05, 0) is 0 Å². The van der Waals surface area contributed by atoms with Gasteiger partial charge in [0.25, 0.3) is 0 Å². The summed E-state index contributed by atoms with van der Waals surface area (Å²) in [4.78, 5) is 0. The Kier molecular flexibility index (Phi) is 3.01. The van der Waals surface area contributed by atoms with Gasteiger partial charge in [0.1, 0.15) is 0 Å². The Hall–Kier alpha value is -0.271. The van der Waals surface area contributed by atoms with E-state index in [1.165, 1.54) is 81.4 Å². The molecule has 8 bridgehead atoms. The maximum absolute atomic E-state index is 3.60. The third kappa shape index (κ3) is 1.98. The van der Waals surface area contributed by atoms with Crippen molar-refractivity contribution in [2.24, 2.45) is 35.5 Å². The summed E-state index contributed by atoms with van der Waals surface area (Å²) in [5.41, 5.74) is 0.922. The molecule has 8 saturated carbocycles. The second kappa shape index (κ2) is 5.01. The molecule has 8 aliphatic carbocycles. The number of hydrogen-bond donors (Lipinski definition) is 0. The van der Waals surface area contributed by atoms with Crippen molar-refractivity contribution >= 4 is 15.6 Å². The van der Waals surface area contributed by atoms with Crippen molar-refractivity contribution in [3.63, 3.8) is 0 Å². The second-order valence-corrected chi connectivity index (χ2v) is 12.4. The fraction of sp³-hybridized carbons (Fsp3) is 0.870. The number of rotatable bonds is 2. The molecule has 0 saturated heterocycles. The van der Waals surface area contributed by atoms with E-state index in [0.717, 1.165) is 35.5 Å². The second-order valence-electron chi connectivity index (χ2n) is 11.6. The van der Waals surface area contributed by atoms with Crippen LogP contribution in [0, 0.1) is 39.8 Å². The number of nitrogens with zero attached hydrogens (tertiary/aromatic N) is 2. The topological polar surface area (TPSA) is 9.86 Å². The monoisotopic (exact) mass is 416 g/mol. The third-order valence-electron chi connectivity index (χ3n) is 9.81. The first-order chi connectivity index (χ1) is 12.6. The van der Waals surface area contributed by atoms with Gasteiger partial charge in [0.2, 0.25) is 0 Å². The molecule has 0 aliphatic heterocycles. The Morgan fingerprint density at radius 3 is 1.12 bits per heavy atom. The van der Waals surface area contributed by atoms with Crippen LogP contribution in [-0.2, 0) is 11.1 Å². The van der Waals surface area contributed by atoms with Crippen molar-refractivity contribution in [2.45, 2.75) is 88.1 Å². The van der Waals surface area contributed by atoms with Crippen LogP contribution in [0.3, 0.4) is 0 Å². The number of imidazole rings is 1. The van der Waals surface area contributed by atoms with Crippen molar-refractivity contribution in [3.05, 3.63) is 16.7 Å². The minimum absolute atomic E-state index is 0.461. The molecular formula is C23H32N2Se. The average Bonchev–Trinajstić information content (AvgIpc) is 2.95. The van der Waals surface area contributed by atoms with Crippen LogP contribution in [0.2, 0.25) is 0 Å². The van der Waals surface area contributed by atoms with Crippen LogP contribution in [0.4, 0.5) is 0 Å². The van der Waals surface area contributed by atoms with Gasteiger partial charge >= 0.3 is 165 Å². The quantitative estimate of drug-likeness (QED) is 0.612. The summed E-state index contributed by atoms with van der Waals surface area (Å²) in [6.45, 7) is 0. The molecule has 0 aromatic carbocycles. The molecule has 0 amide bonds. The SMILES string of the molecule is [Se]=c1n(C23CC4CC(CC(C4)C2)C3)ccn1C12CC3CC(CC(C3)C1)C2. The zero-order valence-electron chi connectivity index (χ0n) is 15.9. The van der Waals surface area contributed by atoms with Crippen LogP contribution in [0.5, 0.6) is 0 Å². The molecule has 9 rings (SSSR count). The van der Waals surface area contributed by atoms with Crippen LogP contribution >= 0.6 is 0 Å². The van der Waals surface area contributed by atoms with Gasteiger partial charge in [-0.15, -0.1) is 0 Å². The third-order valence-corrected chi connectivity index (χ3v) is 10.6. The summed E-state index contributed by atoms with van der Waals surface area (Å²) in [6.07, 6.45) is 23.0. The van der Waals surface area contributed by atoms with Crippen LogP contribution in [0.15, 0.2) is 12.4 Å². The van der Waals surface area contributed by atoms with Gasteiger partial charge < -0.3 is 0 Å². The van der Waals surface area contributed by atoms with E-state index in [2.05, 4.69) is 37.1 Å². The first-order valence-corrected chi connectivity index (χ1v) is 12.3. The summed E-state index contributed by atoms with van der Waals surface area (Å²) >= 11 is 3.60. The first kappa shape index (κ1) is 15.6. The molecule has 0 radical (unpaired) electrons. The van der Waals surface area contributed by atoms with E-state index in [-0.39, 0.29) is 0 Å². The van der Waals surface area contributed by atoms with E-state index < -0.39 is 0 Å². The van der Waals surface area contributed by atoms with Crippen LogP contribution in [0.1, 0.15) is 77.0 Å². The normalized spacial score (nSPS) is 53.5. The molecule has 1 aromatic rings. The Morgan fingerprint density at radius 1 is 0.577 bits per heavy atom. The molecular weight excluding hydrogens is 383 g/mol. The predicted octanol–water partition coefficient (Wildman–Crippen LogP) is 4.84. The molecule has 2 nitrogen and oxygen atoms in total. The average molecular weight is 415 g/mol. The van der Waals surface area contributed by atoms with Crippen molar-refractivity contribution in [1.29, 1.82) is 0 Å². The molecule has 3 heteroatoms. The van der Waals surface area contributed by atoms with E-state index in [9.17, 15) is 0 Å². The van der Waals surface area contributed by atoms with E-state index in [0.29, 0.717) is 11.1 Å². The fourth-order valence-electron chi connectivity index (χ4n) is 9.82. The van der Waals surface area contributed by atoms with Crippen molar-refractivity contribution in [1.82, 2.24) is 9.13 Å². The molecule has 0 unspecified atom stereocenters.